The first kappa shape index (κ1) is 17.7. The van der Waals surface area contributed by atoms with Gasteiger partial charge in [-0.2, -0.15) is 0 Å². The van der Waals surface area contributed by atoms with Crippen LogP contribution in [-0.2, 0) is 14.4 Å². The second-order valence-electron chi connectivity index (χ2n) is 6.41. The van der Waals surface area contributed by atoms with Crippen molar-refractivity contribution in [2.45, 2.75) is 26.3 Å². The molecule has 3 amide bonds. The summed E-state index contributed by atoms with van der Waals surface area (Å²) in [6.45, 7) is 3.37. The fraction of sp³-hybridized carbons (Fsp3) is 0.250. The van der Waals surface area contributed by atoms with Crippen molar-refractivity contribution in [2.75, 3.05) is 16.8 Å². The lowest BCUT2D eigenvalue weighted by Gasteiger charge is -2.30. The molecule has 26 heavy (non-hydrogen) atoms. The number of aryl methyl sites for hydroxylation is 1. The van der Waals surface area contributed by atoms with Crippen LogP contribution in [0.25, 0.3) is 0 Å². The third kappa shape index (κ3) is 3.91. The number of fused-ring (bicyclic) bond motifs is 1. The van der Waals surface area contributed by atoms with E-state index in [1.54, 1.807) is 18.2 Å². The van der Waals surface area contributed by atoms with Crippen LogP contribution in [0.3, 0.4) is 0 Å². The summed E-state index contributed by atoms with van der Waals surface area (Å²) in [5, 5.41) is 5.60. The van der Waals surface area contributed by atoms with Crippen molar-refractivity contribution in [3.8, 4) is 0 Å². The molecule has 134 valence electrons. The van der Waals surface area contributed by atoms with Crippen molar-refractivity contribution in [1.82, 2.24) is 5.32 Å². The Hall–Kier alpha value is -3.15. The summed E-state index contributed by atoms with van der Waals surface area (Å²) < 4.78 is 0. The van der Waals surface area contributed by atoms with Gasteiger partial charge in [0.05, 0.1) is 23.8 Å². The van der Waals surface area contributed by atoms with Gasteiger partial charge in [0, 0.05) is 6.92 Å². The standard InChI is InChI=1S/C20H21N3O3/c1-13-7-9-15(10-8-13)17(21-14(2)24)11-20(26)23-12-19(25)22-16-5-3-4-6-18(16)23/h3-10,17H,11-12H2,1-2H3,(H,21,24)(H,22,25)/t17-/m1/s1. The van der Waals surface area contributed by atoms with Crippen LogP contribution in [0, 0.1) is 6.92 Å². The first-order valence-corrected chi connectivity index (χ1v) is 8.47. The first-order valence-electron chi connectivity index (χ1n) is 8.47. The normalized spacial score (nSPS) is 14.2. The van der Waals surface area contributed by atoms with Crippen molar-refractivity contribution in [1.29, 1.82) is 0 Å². The molecule has 6 heteroatoms. The monoisotopic (exact) mass is 351 g/mol. The van der Waals surface area contributed by atoms with Gasteiger partial charge in [0.25, 0.3) is 0 Å². The van der Waals surface area contributed by atoms with E-state index in [0.29, 0.717) is 11.4 Å². The number of hydrogen-bond acceptors (Lipinski definition) is 3. The summed E-state index contributed by atoms with van der Waals surface area (Å²) in [4.78, 5) is 37.9. The number of benzene rings is 2. The van der Waals surface area contributed by atoms with Gasteiger partial charge in [0.2, 0.25) is 17.7 Å². The van der Waals surface area contributed by atoms with Crippen LogP contribution in [0.15, 0.2) is 48.5 Å². The fourth-order valence-electron chi connectivity index (χ4n) is 3.04. The Kier molecular flexibility index (Phi) is 5.02. The van der Waals surface area contributed by atoms with E-state index in [-0.39, 0.29) is 30.7 Å². The summed E-state index contributed by atoms with van der Waals surface area (Å²) in [7, 11) is 0. The Morgan fingerprint density at radius 1 is 1.15 bits per heavy atom. The number of rotatable bonds is 4. The predicted molar refractivity (Wildman–Crippen MR) is 99.8 cm³/mol. The topological polar surface area (TPSA) is 78.5 Å². The third-order valence-electron chi connectivity index (χ3n) is 4.31. The highest BCUT2D eigenvalue weighted by atomic mass is 16.2. The summed E-state index contributed by atoms with van der Waals surface area (Å²) in [5.74, 6) is -0.657. The second-order valence-corrected chi connectivity index (χ2v) is 6.41. The number of hydrogen-bond donors (Lipinski definition) is 2. The minimum Gasteiger partial charge on any atom is -0.349 e. The molecule has 0 fully saturated rings. The van der Waals surface area contributed by atoms with E-state index < -0.39 is 6.04 Å². The molecule has 0 aromatic heterocycles. The Balaban J connectivity index is 1.85. The minimum absolute atomic E-state index is 0.0312. The molecule has 0 saturated heterocycles. The van der Waals surface area contributed by atoms with E-state index in [1.165, 1.54) is 11.8 Å². The first-order chi connectivity index (χ1) is 12.4. The largest absolute Gasteiger partial charge is 0.349 e. The van der Waals surface area contributed by atoms with Crippen LogP contribution in [0.1, 0.15) is 30.5 Å². The van der Waals surface area contributed by atoms with Gasteiger partial charge in [-0.1, -0.05) is 42.0 Å². The molecule has 1 heterocycles. The number of anilines is 2. The summed E-state index contributed by atoms with van der Waals surface area (Å²) in [6, 6.07) is 14.4. The molecule has 2 N–H and O–H groups in total. The average molecular weight is 351 g/mol. The molecule has 0 unspecified atom stereocenters. The van der Waals surface area contributed by atoms with Crippen molar-refractivity contribution in [3.63, 3.8) is 0 Å². The van der Waals surface area contributed by atoms with E-state index in [2.05, 4.69) is 10.6 Å². The average Bonchev–Trinajstić information content (AvgIpc) is 2.60. The Morgan fingerprint density at radius 3 is 2.54 bits per heavy atom. The van der Waals surface area contributed by atoms with E-state index in [9.17, 15) is 14.4 Å². The van der Waals surface area contributed by atoms with Crippen LogP contribution in [-0.4, -0.2) is 24.3 Å². The summed E-state index contributed by atoms with van der Waals surface area (Å²) in [5.41, 5.74) is 3.24. The van der Waals surface area contributed by atoms with Crippen LogP contribution < -0.4 is 15.5 Å². The van der Waals surface area contributed by atoms with Crippen molar-refractivity contribution < 1.29 is 14.4 Å². The van der Waals surface area contributed by atoms with E-state index in [0.717, 1.165) is 11.1 Å². The summed E-state index contributed by atoms with van der Waals surface area (Å²) in [6.07, 6.45) is 0.0737. The lowest BCUT2D eigenvalue weighted by atomic mass is 10.0. The van der Waals surface area contributed by atoms with Gasteiger partial charge in [-0.3, -0.25) is 14.4 Å². The maximum atomic E-state index is 12.9. The molecule has 2 aromatic carbocycles. The van der Waals surface area contributed by atoms with Gasteiger partial charge >= 0.3 is 0 Å². The van der Waals surface area contributed by atoms with E-state index >= 15 is 0 Å². The molecule has 2 aromatic rings. The zero-order valence-electron chi connectivity index (χ0n) is 14.8. The van der Waals surface area contributed by atoms with Crippen molar-refractivity contribution in [2.24, 2.45) is 0 Å². The number of carbonyl (C=O) groups is 3. The molecule has 0 bridgehead atoms. The smallest absolute Gasteiger partial charge is 0.244 e. The van der Waals surface area contributed by atoms with Gasteiger partial charge in [-0.05, 0) is 24.6 Å². The molecule has 1 aliphatic heterocycles. The summed E-state index contributed by atoms with van der Waals surface area (Å²) >= 11 is 0. The van der Waals surface area contributed by atoms with Gasteiger partial charge < -0.3 is 15.5 Å². The van der Waals surface area contributed by atoms with Gasteiger partial charge in [0.1, 0.15) is 6.54 Å². The molecule has 1 aliphatic rings. The van der Waals surface area contributed by atoms with Crippen LogP contribution in [0.5, 0.6) is 0 Å². The molecular weight excluding hydrogens is 330 g/mol. The Labute approximate surface area is 152 Å². The van der Waals surface area contributed by atoms with Crippen molar-refractivity contribution in [3.05, 3.63) is 59.7 Å². The van der Waals surface area contributed by atoms with E-state index in [1.807, 2.05) is 37.3 Å². The highest BCUT2D eigenvalue weighted by Gasteiger charge is 2.28. The number of nitrogens with zero attached hydrogens (tertiary/aromatic N) is 1. The lowest BCUT2D eigenvalue weighted by Crippen LogP contribution is -2.43. The Morgan fingerprint density at radius 2 is 1.85 bits per heavy atom. The molecular formula is C20H21N3O3. The molecule has 0 saturated carbocycles. The molecule has 0 radical (unpaired) electrons. The highest BCUT2D eigenvalue weighted by molar-refractivity contribution is 6.10. The number of nitrogens with one attached hydrogen (secondary N) is 2. The minimum atomic E-state index is -0.447. The molecule has 3 rings (SSSR count). The number of carbonyl (C=O) groups excluding carboxylic acids is 3. The fourth-order valence-corrected chi connectivity index (χ4v) is 3.04. The second kappa shape index (κ2) is 7.39. The SMILES string of the molecule is CC(=O)N[C@H](CC(=O)N1CC(=O)Nc2ccccc21)c1ccc(C)cc1. The lowest BCUT2D eigenvalue weighted by molar-refractivity contribution is -0.123. The highest BCUT2D eigenvalue weighted by Crippen LogP contribution is 2.30. The molecule has 1 atom stereocenters. The van der Waals surface area contributed by atoms with E-state index in [4.69, 9.17) is 0 Å². The number of amides is 3. The maximum absolute atomic E-state index is 12.9. The van der Waals surface area contributed by atoms with Gasteiger partial charge in [0.15, 0.2) is 0 Å². The predicted octanol–water partition coefficient (Wildman–Crippen LogP) is 2.55. The van der Waals surface area contributed by atoms with Gasteiger partial charge in [-0.25, -0.2) is 0 Å². The molecule has 6 nitrogen and oxygen atoms in total. The van der Waals surface area contributed by atoms with Gasteiger partial charge in [-0.15, -0.1) is 0 Å². The zero-order chi connectivity index (χ0) is 18.7. The third-order valence-corrected chi connectivity index (χ3v) is 4.31. The maximum Gasteiger partial charge on any atom is 0.244 e. The zero-order valence-corrected chi connectivity index (χ0v) is 14.8. The van der Waals surface area contributed by atoms with Crippen molar-refractivity contribution >= 4 is 29.1 Å². The number of para-hydroxylation sites is 2. The molecule has 0 spiro atoms. The van der Waals surface area contributed by atoms with Crippen LogP contribution >= 0.6 is 0 Å². The quantitative estimate of drug-likeness (QED) is 0.888. The molecule has 0 aliphatic carbocycles. The van der Waals surface area contributed by atoms with Crippen LogP contribution in [0.4, 0.5) is 11.4 Å². The Bertz CT molecular complexity index is 846. The van der Waals surface area contributed by atoms with Crippen LogP contribution in [0.2, 0.25) is 0 Å².